The molecule has 0 aliphatic carbocycles. The van der Waals surface area contributed by atoms with Gasteiger partial charge in [0.15, 0.2) is 11.6 Å². The fourth-order valence-corrected chi connectivity index (χ4v) is 5.69. The average molecular weight is 708 g/mol. The lowest BCUT2D eigenvalue weighted by molar-refractivity contribution is 0.103. The predicted octanol–water partition coefficient (Wildman–Crippen LogP) is 9.11. The molecular weight excluding hydrogens is 688 g/mol. The summed E-state index contributed by atoms with van der Waals surface area (Å²) in [4.78, 5) is 24.7. The number of hydrogen-bond donors (Lipinski definition) is 2. The van der Waals surface area contributed by atoms with Gasteiger partial charge in [-0.1, -0.05) is 46.4 Å². The first-order valence-corrected chi connectivity index (χ1v) is 15.7. The van der Waals surface area contributed by atoms with Crippen molar-refractivity contribution in [1.82, 2.24) is 0 Å². The highest BCUT2D eigenvalue weighted by Crippen LogP contribution is 2.29. The lowest BCUT2D eigenvalue weighted by Gasteiger charge is -2.13. The second kappa shape index (κ2) is 14.4. The molecule has 0 spiro atoms. The molecule has 230 valence electrons. The minimum absolute atomic E-state index is 0.0164. The van der Waals surface area contributed by atoms with Crippen LogP contribution < -0.4 is 10.5 Å². The van der Waals surface area contributed by atoms with Crippen molar-refractivity contribution in [2.24, 2.45) is 0 Å². The Morgan fingerprint density at radius 1 is 0.600 bits per heavy atom. The molecule has 5 rings (SSSR count). The van der Waals surface area contributed by atoms with Crippen LogP contribution in [0, 0.1) is 11.6 Å². The minimum atomic E-state index is -4.06. The molecule has 0 fully saturated rings. The lowest BCUT2D eigenvalue weighted by Crippen LogP contribution is -2.16. The standard InChI is InChI=1S/C19H11Cl3FNO3S.C13H9ClFNO/c20-12-3-8-18(15(9-12)19(25)11-1-4-13(23)5-2-11)24-28(26,27)14-6-7-16(21)17(22)10-14;14-9-3-6-12(16)11(7-9)13(17)8-1-4-10(15)5-2-8/h1-10,24H;1-7H,16H2. The highest BCUT2D eigenvalue weighted by molar-refractivity contribution is 7.92. The fourth-order valence-electron chi connectivity index (χ4n) is 3.88. The smallest absolute Gasteiger partial charge is 0.261 e. The zero-order valence-corrected chi connectivity index (χ0v) is 26.5. The fraction of sp³-hybridized carbons (Fsp3) is 0. The van der Waals surface area contributed by atoms with Gasteiger partial charge in [0.25, 0.3) is 10.0 Å². The molecule has 0 bridgehead atoms. The number of rotatable bonds is 7. The van der Waals surface area contributed by atoms with Gasteiger partial charge < -0.3 is 5.73 Å². The summed E-state index contributed by atoms with van der Waals surface area (Å²) >= 11 is 23.5. The van der Waals surface area contributed by atoms with Crippen molar-refractivity contribution in [3.63, 3.8) is 0 Å². The van der Waals surface area contributed by atoms with Gasteiger partial charge in [-0.15, -0.1) is 0 Å². The summed E-state index contributed by atoms with van der Waals surface area (Å²) in [6.07, 6.45) is 0. The number of nitrogens with two attached hydrogens (primary N) is 1. The van der Waals surface area contributed by atoms with E-state index in [1.54, 1.807) is 12.1 Å². The van der Waals surface area contributed by atoms with Crippen molar-refractivity contribution < 1.29 is 26.8 Å². The maximum absolute atomic E-state index is 13.1. The van der Waals surface area contributed by atoms with Crippen LogP contribution in [0.3, 0.4) is 0 Å². The Kier molecular flexibility index (Phi) is 10.9. The lowest BCUT2D eigenvalue weighted by atomic mass is 10.0. The number of nitrogens with one attached hydrogen (secondary N) is 1. The van der Waals surface area contributed by atoms with Crippen LogP contribution in [0.2, 0.25) is 20.1 Å². The average Bonchev–Trinajstić information content (AvgIpc) is 3.01. The Morgan fingerprint density at radius 3 is 1.62 bits per heavy atom. The minimum Gasteiger partial charge on any atom is -0.398 e. The molecule has 0 heterocycles. The van der Waals surface area contributed by atoms with Gasteiger partial charge in [-0.25, -0.2) is 17.2 Å². The van der Waals surface area contributed by atoms with Gasteiger partial charge in [0.05, 0.1) is 20.6 Å². The first-order chi connectivity index (χ1) is 21.2. The molecule has 3 N–H and O–H groups in total. The van der Waals surface area contributed by atoms with E-state index < -0.39 is 21.6 Å². The van der Waals surface area contributed by atoms with Crippen molar-refractivity contribution in [2.75, 3.05) is 10.5 Å². The molecule has 0 saturated heterocycles. The first-order valence-electron chi connectivity index (χ1n) is 12.7. The van der Waals surface area contributed by atoms with Gasteiger partial charge in [-0.05, 0) is 103 Å². The Balaban J connectivity index is 0.000000231. The van der Waals surface area contributed by atoms with E-state index in [9.17, 15) is 26.8 Å². The van der Waals surface area contributed by atoms with E-state index in [2.05, 4.69) is 4.72 Å². The SMILES string of the molecule is Nc1ccc(Cl)cc1C(=O)c1ccc(F)cc1.O=C(c1ccc(F)cc1)c1cc(Cl)ccc1NS(=O)(=O)c1ccc(Cl)c(Cl)c1. The van der Waals surface area contributed by atoms with Crippen LogP contribution in [-0.4, -0.2) is 20.0 Å². The molecule has 45 heavy (non-hydrogen) atoms. The van der Waals surface area contributed by atoms with Crippen LogP contribution in [0.1, 0.15) is 31.8 Å². The van der Waals surface area contributed by atoms with Gasteiger partial charge in [0.1, 0.15) is 11.6 Å². The second-order valence-corrected chi connectivity index (χ2v) is 12.6. The summed E-state index contributed by atoms with van der Waals surface area (Å²) in [6, 6.07) is 22.8. The molecule has 0 aromatic heterocycles. The monoisotopic (exact) mass is 706 g/mol. The van der Waals surface area contributed by atoms with Crippen molar-refractivity contribution in [3.05, 3.63) is 157 Å². The van der Waals surface area contributed by atoms with Gasteiger partial charge in [0, 0.05) is 38.0 Å². The Hall–Kier alpha value is -3.99. The number of carbonyl (C=O) groups excluding carboxylic acids is 2. The highest BCUT2D eigenvalue weighted by Gasteiger charge is 2.21. The number of carbonyl (C=O) groups is 2. The third-order valence-corrected chi connectivity index (χ3v) is 8.72. The van der Waals surface area contributed by atoms with E-state index in [1.807, 2.05) is 0 Å². The molecule has 0 radical (unpaired) electrons. The molecule has 0 amide bonds. The summed E-state index contributed by atoms with van der Waals surface area (Å²) in [5.74, 6) is -1.68. The Labute approximate surface area is 277 Å². The van der Waals surface area contributed by atoms with Gasteiger partial charge in [0.2, 0.25) is 0 Å². The van der Waals surface area contributed by atoms with Gasteiger partial charge >= 0.3 is 0 Å². The van der Waals surface area contributed by atoms with E-state index in [0.29, 0.717) is 21.8 Å². The highest BCUT2D eigenvalue weighted by atomic mass is 35.5. The van der Waals surface area contributed by atoms with E-state index in [1.165, 1.54) is 78.9 Å². The second-order valence-electron chi connectivity index (χ2n) is 9.27. The molecule has 0 atom stereocenters. The van der Waals surface area contributed by atoms with Crippen LogP contribution >= 0.6 is 46.4 Å². The molecule has 5 aromatic carbocycles. The van der Waals surface area contributed by atoms with Crippen LogP contribution in [0.5, 0.6) is 0 Å². The number of benzene rings is 5. The summed E-state index contributed by atoms with van der Waals surface area (Å²) < 4.78 is 53.6. The van der Waals surface area contributed by atoms with E-state index in [0.717, 1.165) is 12.1 Å². The third-order valence-electron chi connectivity index (χ3n) is 6.14. The molecule has 6 nitrogen and oxygen atoms in total. The molecule has 0 aliphatic heterocycles. The number of hydrogen-bond acceptors (Lipinski definition) is 5. The van der Waals surface area contributed by atoms with E-state index in [4.69, 9.17) is 52.1 Å². The van der Waals surface area contributed by atoms with Crippen molar-refractivity contribution in [1.29, 1.82) is 0 Å². The molecular formula is C32H20Cl4F2N2O4S. The van der Waals surface area contributed by atoms with Crippen LogP contribution in [0.4, 0.5) is 20.2 Å². The van der Waals surface area contributed by atoms with E-state index >= 15 is 0 Å². The number of sulfonamides is 1. The summed E-state index contributed by atoms with van der Waals surface area (Å²) in [5.41, 5.74) is 6.97. The largest absolute Gasteiger partial charge is 0.398 e. The van der Waals surface area contributed by atoms with Crippen molar-refractivity contribution >= 4 is 79.4 Å². The molecule has 0 unspecified atom stereocenters. The zero-order chi connectivity index (χ0) is 32.9. The van der Waals surface area contributed by atoms with Crippen molar-refractivity contribution in [2.45, 2.75) is 4.90 Å². The normalized spacial score (nSPS) is 10.9. The summed E-state index contributed by atoms with van der Waals surface area (Å²) in [6.45, 7) is 0. The molecule has 0 saturated carbocycles. The maximum atomic E-state index is 13.1. The zero-order valence-electron chi connectivity index (χ0n) is 22.7. The van der Waals surface area contributed by atoms with Crippen LogP contribution in [-0.2, 0) is 10.0 Å². The Morgan fingerprint density at radius 2 is 1.09 bits per heavy atom. The van der Waals surface area contributed by atoms with E-state index in [-0.39, 0.29) is 48.4 Å². The molecule has 13 heteroatoms. The number of halogens is 6. The molecule has 5 aromatic rings. The van der Waals surface area contributed by atoms with Crippen molar-refractivity contribution in [3.8, 4) is 0 Å². The number of anilines is 2. The topological polar surface area (TPSA) is 106 Å². The maximum Gasteiger partial charge on any atom is 0.261 e. The number of ketones is 2. The van der Waals surface area contributed by atoms with Gasteiger partial charge in [-0.3, -0.25) is 14.3 Å². The predicted molar refractivity (Wildman–Crippen MR) is 174 cm³/mol. The number of nitrogen functional groups attached to an aromatic ring is 1. The van der Waals surface area contributed by atoms with Gasteiger partial charge in [-0.2, -0.15) is 0 Å². The molecule has 0 aliphatic rings. The Bertz CT molecular complexity index is 2010. The summed E-state index contributed by atoms with van der Waals surface area (Å²) in [5, 5.41) is 0.954. The quantitative estimate of drug-likeness (QED) is 0.130. The third kappa shape index (κ3) is 8.59. The van der Waals surface area contributed by atoms with Crippen LogP contribution in [0.25, 0.3) is 0 Å². The summed E-state index contributed by atoms with van der Waals surface area (Å²) in [7, 11) is -4.06. The first kappa shape index (κ1) is 33.9. The van der Waals surface area contributed by atoms with Crippen LogP contribution in [0.15, 0.2) is 108 Å².